The molecule has 1 aliphatic rings. The van der Waals surface area contributed by atoms with Crippen LogP contribution in [0, 0.1) is 0 Å². The van der Waals surface area contributed by atoms with Gasteiger partial charge in [-0.2, -0.15) is 4.31 Å². The molecule has 0 bridgehead atoms. The first-order chi connectivity index (χ1) is 15.5. The molecule has 3 rings (SSSR count). The third kappa shape index (κ3) is 5.15. The lowest BCUT2D eigenvalue weighted by Crippen LogP contribution is -2.34. The Hall–Kier alpha value is -2.63. The average molecular weight is 496 g/mol. The molecule has 0 atom stereocenters. The summed E-state index contributed by atoms with van der Waals surface area (Å²) in [5.41, 5.74) is 1.91. The molecule has 0 saturated heterocycles. The second-order valence-electron chi connectivity index (χ2n) is 7.69. The van der Waals surface area contributed by atoms with Crippen LogP contribution in [0.15, 0.2) is 41.3 Å². The van der Waals surface area contributed by atoms with E-state index in [1.54, 1.807) is 32.0 Å². The fraction of sp³-hybridized carbons (Fsp3) is 0.409. The summed E-state index contributed by atoms with van der Waals surface area (Å²) in [7, 11) is -5.69. The average Bonchev–Trinajstić information content (AvgIpc) is 2.78. The summed E-state index contributed by atoms with van der Waals surface area (Å²) in [5, 5.41) is 2.73. The minimum absolute atomic E-state index is 0.0523. The standard InChI is InChI=1S/C22H29N3O6S2/c1-5-24(6-2)33(29,30)18-10-12-21(31-3)19(15-18)23-22(26)17-9-11-20-16(14-17)8-7-13-25(20)32(4,27)28/h9-12,14-15H,5-8,13H2,1-4H3,(H,23,26). The summed E-state index contributed by atoms with van der Waals surface area (Å²) in [4.78, 5) is 13.0. The normalized spacial score (nSPS) is 14.2. The SMILES string of the molecule is CCN(CC)S(=O)(=O)c1ccc(OC)c(NC(=O)c2ccc3c(c2)CCCN3S(C)(=O)=O)c1. The van der Waals surface area contributed by atoms with Gasteiger partial charge in [0.1, 0.15) is 5.75 Å². The zero-order valence-corrected chi connectivity index (χ0v) is 20.8. The van der Waals surface area contributed by atoms with Gasteiger partial charge in [0.2, 0.25) is 20.0 Å². The van der Waals surface area contributed by atoms with Crippen molar-refractivity contribution in [2.24, 2.45) is 0 Å². The highest BCUT2D eigenvalue weighted by Crippen LogP contribution is 2.32. The minimum atomic E-state index is -3.72. The zero-order chi connectivity index (χ0) is 24.4. The van der Waals surface area contributed by atoms with Gasteiger partial charge < -0.3 is 10.1 Å². The molecule has 9 nitrogen and oxygen atoms in total. The molecule has 1 aliphatic heterocycles. The van der Waals surface area contributed by atoms with Crippen LogP contribution in [0.5, 0.6) is 5.75 Å². The fourth-order valence-electron chi connectivity index (χ4n) is 3.90. The van der Waals surface area contributed by atoms with Gasteiger partial charge in [0.25, 0.3) is 5.91 Å². The van der Waals surface area contributed by atoms with Crippen molar-refractivity contribution in [2.75, 3.05) is 42.6 Å². The number of nitrogens with zero attached hydrogens (tertiary/aromatic N) is 2. The van der Waals surface area contributed by atoms with Gasteiger partial charge in [0, 0.05) is 25.2 Å². The topological polar surface area (TPSA) is 113 Å². The number of carbonyl (C=O) groups is 1. The van der Waals surface area contributed by atoms with E-state index in [4.69, 9.17) is 4.74 Å². The van der Waals surface area contributed by atoms with Crippen LogP contribution in [0.25, 0.3) is 0 Å². The number of hydrogen-bond donors (Lipinski definition) is 1. The lowest BCUT2D eigenvalue weighted by molar-refractivity contribution is 0.102. The lowest BCUT2D eigenvalue weighted by atomic mass is 10.0. The molecule has 0 aromatic heterocycles. The van der Waals surface area contributed by atoms with Crippen molar-refractivity contribution in [3.63, 3.8) is 0 Å². The van der Waals surface area contributed by atoms with E-state index in [0.717, 1.165) is 11.8 Å². The van der Waals surface area contributed by atoms with Crippen LogP contribution in [0.2, 0.25) is 0 Å². The Morgan fingerprint density at radius 1 is 1.09 bits per heavy atom. The van der Waals surface area contributed by atoms with Crippen LogP contribution in [-0.2, 0) is 26.5 Å². The summed E-state index contributed by atoms with van der Waals surface area (Å²) in [6.45, 7) is 4.57. The van der Waals surface area contributed by atoms with Crippen LogP contribution in [0.1, 0.15) is 36.2 Å². The number of rotatable bonds is 8. The van der Waals surface area contributed by atoms with E-state index in [0.29, 0.717) is 49.5 Å². The number of amides is 1. The van der Waals surface area contributed by atoms with E-state index < -0.39 is 26.0 Å². The molecule has 2 aromatic carbocycles. The van der Waals surface area contributed by atoms with Crippen molar-refractivity contribution >= 4 is 37.3 Å². The fourth-order valence-corrected chi connectivity index (χ4v) is 6.38. The first-order valence-electron chi connectivity index (χ1n) is 10.6. The number of aryl methyl sites for hydroxylation is 1. The first-order valence-corrected chi connectivity index (χ1v) is 13.9. The second kappa shape index (κ2) is 9.70. The number of benzene rings is 2. The highest BCUT2D eigenvalue weighted by Gasteiger charge is 2.26. The van der Waals surface area contributed by atoms with E-state index in [-0.39, 0.29) is 10.6 Å². The number of sulfonamides is 2. The largest absolute Gasteiger partial charge is 0.495 e. The van der Waals surface area contributed by atoms with Crippen molar-refractivity contribution in [2.45, 2.75) is 31.6 Å². The van der Waals surface area contributed by atoms with Gasteiger partial charge in [-0.15, -0.1) is 0 Å². The lowest BCUT2D eigenvalue weighted by Gasteiger charge is -2.29. The Labute approximate surface area is 195 Å². The summed E-state index contributed by atoms with van der Waals surface area (Å²) in [5.74, 6) is -0.131. The molecular weight excluding hydrogens is 466 g/mol. The number of methoxy groups -OCH3 is 1. The van der Waals surface area contributed by atoms with E-state index in [1.165, 1.54) is 33.9 Å². The molecule has 0 saturated carbocycles. The number of fused-ring (bicyclic) bond motifs is 1. The maximum absolute atomic E-state index is 13.0. The molecule has 0 fully saturated rings. The summed E-state index contributed by atoms with van der Waals surface area (Å²) < 4.78 is 57.9. The van der Waals surface area contributed by atoms with E-state index >= 15 is 0 Å². The van der Waals surface area contributed by atoms with Crippen molar-refractivity contribution in [1.29, 1.82) is 0 Å². The number of carbonyl (C=O) groups excluding carboxylic acids is 1. The Bertz CT molecular complexity index is 1250. The van der Waals surface area contributed by atoms with Crippen LogP contribution >= 0.6 is 0 Å². The number of nitrogens with one attached hydrogen (secondary N) is 1. The van der Waals surface area contributed by atoms with Gasteiger partial charge in [-0.25, -0.2) is 16.8 Å². The maximum Gasteiger partial charge on any atom is 0.255 e. The van der Waals surface area contributed by atoms with Gasteiger partial charge in [-0.05, 0) is 54.8 Å². The number of hydrogen-bond acceptors (Lipinski definition) is 6. The van der Waals surface area contributed by atoms with Crippen molar-refractivity contribution in [1.82, 2.24) is 4.31 Å². The quantitative estimate of drug-likeness (QED) is 0.602. The molecule has 1 heterocycles. The third-order valence-corrected chi connectivity index (χ3v) is 8.81. The molecule has 180 valence electrons. The minimum Gasteiger partial charge on any atom is -0.495 e. The molecule has 0 spiro atoms. The van der Waals surface area contributed by atoms with E-state index in [9.17, 15) is 21.6 Å². The first kappa shape index (κ1) is 25.0. The Balaban J connectivity index is 1.93. The van der Waals surface area contributed by atoms with Gasteiger partial charge in [-0.1, -0.05) is 13.8 Å². The van der Waals surface area contributed by atoms with Crippen LogP contribution in [-0.4, -0.2) is 60.0 Å². The molecule has 0 radical (unpaired) electrons. The third-order valence-electron chi connectivity index (χ3n) is 5.58. The molecule has 1 amide bonds. The molecule has 0 aliphatic carbocycles. The predicted molar refractivity (Wildman–Crippen MR) is 128 cm³/mol. The predicted octanol–water partition coefficient (Wildman–Crippen LogP) is 2.69. The number of ether oxygens (including phenoxy) is 1. The molecule has 33 heavy (non-hydrogen) atoms. The Kier molecular flexibility index (Phi) is 7.35. The van der Waals surface area contributed by atoms with Crippen molar-refractivity contribution in [3.8, 4) is 5.75 Å². The molecule has 1 N–H and O–H groups in total. The highest BCUT2D eigenvalue weighted by molar-refractivity contribution is 7.92. The van der Waals surface area contributed by atoms with Gasteiger partial charge in [0.15, 0.2) is 0 Å². The Morgan fingerprint density at radius 2 is 1.79 bits per heavy atom. The smallest absolute Gasteiger partial charge is 0.255 e. The molecule has 11 heteroatoms. The van der Waals surface area contributed by atoms with Gasteiger partial charge in [-0.3, -0.25) is 9.10 Å². The molecule has 2 aromatic rings. The zero-order valence-electron chi connectivity index (χ0n) is 19.2. The van der Waals surface area contributed by atoms with E-state index in [1.807, 2.05) is 0 Å². The maximum atomic E-state index is 13.0. The number of anilines is 2. The highest BCUT2D eigenvalue weighted by atomic mass is 32.2. The second-order valence-corrected chi connectivity index (χ2v) is 11.5. The molecular formula is C22H29N3O6S2. The van der Waals surface area contributed by atoms with Gasteiger partial charge in [0.05, 0.1) is 29.6 Å². The van der Waals surface area contributed by atoms with Gasteiger partial charge >= 0.3 is 0 Å². The summed E-state index contributed by atoms with van der Waals surface area (Å²) in [6.07, 6.45) is 2.47. The molecule has 0 unspecified atom stereocenters. The summed E-state index contributed by atoms with van der Waals surface area (Å²) in [6, 6.07) is 9.19. The summed E-state index contributed by atoms with van der Waals surface area (Å²) >= 11 is 0. The van der Waals surface area contributed by atoms with Crippen molar-refractivity contribution < 1.29 is 26.4 Å². The van der Waals surface area contributed by atoms with Crippen LogP contribution < -0.4 is 14.4 Å². The Morgan fingerprint density at radius 3 is 2.39 bits per heavy atom. The van der Waals surface area contributed by atoms with Crippen LogP contribution in [0.3, 0.4) is 0 Å². The van der Waals surface area contributed by atoms with E-state index in [2.05, 4.69) is 5.32 Å². The van der Waals surface area contributed by atoms with Crippen LogP contribution in [0.4, 0.5) is 11.4 Å². The van der Waals surface area contributed by atoms with Crippen molar-refractivity contribution in [3.05, 3.63) is 47.5 Å². The monoisotopic (exact) mass is 495 g/mol.